The zero-order chi connectivity index (χ0) is 17.6. The van der Waals surface area contributed by atoms with Crippen LogP contribution in [0.5, 0.6) is 0 Å². The maximum absolute atomic E-state index is 10.2. The van der Waals surface area contributed by atoms with Crippen LogP contribution in [0.15, 0.2) is 36.1 Å². The Morgan fingerprint density at radius 2 is 1.52 bits per heavy atom. The second kappa shape index (κ2) is 8.42. The lowest BCUT2D eigenvalue weighted by Crippen LogP contribution is -2.55. The van der Waals surface area contributed by atoms with Crippen molar-refractivity contribution in [3.05, 3.63) is 41.7 Å². The van der Waals surface area contributed by atoms with E-state index < -0.39 is 35.8 Å². The van der Waals surface area contributed by atoms with Crippen molar-refractivity contribution in [3.8, 4) is 0 Å². The second-order valence-corrected chi connectivity index (χ2v) is 5.66. The fourth-order valence-electron chi connectivity index (χ4n) is 2.34. The molecule has 1 rings (SSSR count). The van der Waals surface area contributed by atoms with Crippen LogP contribution in [0.4, 0.5) is 0 Å². The van der Waals surface area contributed by atoms with E-state index in [-0.39, 0.29) is 12.8 Å². The summed E-state index contributed by atoms with van der Waals surface area (Å²) in [4.78, 5) is 0. The Kier molecular flexibility index (Phi) is 7.18. The Labute approximate surface area is 136 Å². The molecule has 0 amide bonds. The molecular formula is C17H26O6. The first-order chi connectivity index (χ1) is 10.8. The molecule has 130 valence electrons. The van der Waals surface area contributed by atoms with Crippen LogP contribution >= 0.6 is 0 Å². The lowest BCUT2D eigenvalue weighted by Gasteiger charge is -2.36. The van der Waals surface area contributed by atoms with Crippen molar-refractivity contribution in [2.45, 2.75) is 56.7 Å². The minimum Gasteiger partial charge on any atom is -0.509 e. The van der Waals surface area contributed by atoms with E-state index in [0.29, 0.717) is 5.56 Å². The molecule has 0 fully saturated rings. The molecule has 0 aliphatic rings. The van der Waals surface area contributed by atoms with Crippen LogP contribution in [-0.2, 0) is 0 Å². The Bertz CT molecular complexity index is 497. The first-order valence-electron chi connectivity index (χ1n) is 7.67. The normalized spacial score (nSPS) is 18.3. The third-order valence-corrected chi connectivity index (χ3v) is 4.19. The van der Waals surface area contributed by atoms with Crippen LogP contribution in [0.2, 0.25) is 0 Å². The highest BCUT2D eigenvalue weighted by atomic mass is 16.4. The fraction of sp³-hybridized carbons (Fsp3) is 0.529. The number of hydrogen-bond acceptors (Lipinski definition) is 6. The van der Waals surface area contributed by atoms with Gasteiger partial charge >= 0.3 is 0 Å². The van der Waals surface area contributed by atoms with Crippen molar-refractivity contribution in [1.29, 1.82) is 0 Å². The van der Waals surface area contributed by atoms with Gasteiger partial charge < -0.3 is 30.6 Å². The van der Waals surface area contributed by atoms with Crippen molar-refractivity contribution < 1.29 is 30.6 Å². The van der Waals surface area contributed by atoms with Gasteiger partial charge in [0, 0.05) is 0 Å². The highest BCUT2D eigenvalue weighted by molar-refractivity contribution is 5.51. The summed E-state index contributed by atoms with van der Waals surface area (Å²) in [5, 5.41) is 60.1. The molecule has 6 heteroatoms. The number of hydrogen-bond donors (Lipinski definition) is 6. The zero-order valence-corrected chi connectivity index (χ0v) is 13.4. The summed E-state index contributed by atoms with van der Waals surface area (Å²) < 4.78 is 0. The van der Waals surface area contributed by atoms with Gasteiger partial charge in [-0.1, -0.05) is 44.2 Å². The summed E-state index contributed by atoms with van der Waals surface area (Å²) in [6.07, 6.45) is -5.55. The van der Waals surface area contributed by atoms with Gasteiger partial charge in [0.1, 0.15) is 30.2 Å². The monoisotopic (exact) mass is 326 g/mol. The van der Waals surface area contributed by atoms with Crippen LogP contribution in [0.3, 0.4) is 0 Å². The molecule has 1 aromatic carbocycles. The van der Waals surface area contributed by atoms with Crippen molar-refractivity contribution in [2.75, 3.05) is 0 Å². The first kappa shape index (κ1) is 19.6. The van der Waals surface area contributed by atoms with Crippen LogP contribution < -0.4 is 0 Å². The smallest absolute Gasteiger partial charge is 0.139 e. The van der Waals surface area contributed by atoms with Gasteiger partial charge in [0.25, 0.3) is 0 Å². The Balaban J connectivity index is 2.86. The van der Waals surface area contributed by atoms with Crippen LogP contribution in [0.25, 0.3) is 6.08 Å². The molecule has 0 aliphatic carbocycles. The van der Waals surface area contributed by atoms with E-state index in [1.807, 2.05) is 0 Å². The molecule has 0 radical (unpaired) electrons. The molecule has 0 saturated carbocycles. The molecule has 0 bridgehead atoms. The van der Waals surface area contributed by atoms with E-state index in [2.05, 4.69) is 0 Å². The lowest BCUT2D eigenvalue weighted by molar-refractivity contribution is -0.170. The van der Waals surface area contributed by atoms with Crippen molar-refractivity contribution >= 4 is 6.08 Å². The quantitative estimate of drug-likeness (QED) is 0.389. The number of rotatable bonds is 8. The standard InChI is InChI=1S/C17H26O6/c1-3-17(23,4-2)16(22)15(21)14(20)13(19)12(18)10-11-8-6-5-7-9-11/h5-10,13-16,18-23H,3-4H2,1-2H3/t13-,14+,15-,16-/m0/s1. The van der Waals surface area contributed by atoms with Gasteiger partial charge in [0.05, 0.1) is 5.60 Å². The molecule has 0 aliphatic heterocycles. The zero-order valence-electron chi connectivity index (χ0n) is 13.4. The van der Waals surface area contributed by atoms with Crippen LogP contribution in [0.1, 0.15) is 32.3 Å². The molecule has 4 atom stereocenters. The molecule has 0 spiro atoms. The van der Waals surface area contributed by atoms with E-state index in [1.165, 1.54) is 6.08 Å². The molecule has 0 aromatic heterocycles. The van der Waals surface area contributed by atoms with E-state index in [4.69, 9.17) is 0 Å². The minimum absolute atomic E-state index is 0.163. The van der Waals surface area contributed by atoms with Crippen molar-refractivity contribution in [1.82, 2.24) is 0 Å². The first-order valence-corrected chi connectivity index (χ1v) is 7.67. The number of aliphatic hydroxyl groups excluding tert-OH is 5. The topological polar surface area (TPSA) is 121 Å². The van der Waals surface area contributed by atoms with Crippen molar-refractivity contribution in [2.24, 2.45) is 0 Å². The molecule has 6 nitrogen and oxygen atoms in total. The summed E-state index contributed by atoms with van der Waals surface area (Å²) in [6.45, 7) is 3.27. The van der Waals surface area contributed by atoms with Crippen LogP contribution in [-0.4, -0.2) is 60.7 Å². The van der Waals surface area contributed by atoms with Gasteiger partial charge in [-0.15, -0.1) is 0 Å². The summed E-state index contributed by atoms with van der Waals surface area (Å²) >= 11 is 0. The van der Waals surface area contributed by atoms with E-state index in [9.17, 15) is 30.6 Å². The summed E-state index contributed by atoms with van der Waals surface area (Å²) in [5.41, 5.74) is -0.983. The van der Waals surface area contributed by atoms with Crippen molar-refractivity contribution in [3.63, 3.8) is 0 Å². The van der Waals surface area contributed by atoms with Crippen LogP contribution in [0, 0.1) is 0 Å². The molecule has 23 heavy (non-hydrogen) atoms. The SMILES string of the molecule is CCC(O)(CC)[C@@H](O)[C@@H](O)[C@H](O)[C@@H](O)C(O)=Cc1ccccc1. The van der Waals surface area contributed by atoms with Gasteiger partial charge in [-0.3, -0.25) is 0 Å². The molecule has 0 unspecified atom stereocenters. The summed E-state index contributed by atoms with van der Waals surface area (Å²) in [7, 11) is 0. The maximum atomic E-state index is 10.2. The maximum Gasteiger partial charge on any atom is 0.139 e. The largest absolute Gasteiger partial charge is 0.509 e. The lowest BCUT2D eigenvalue weighted by atomic mass is 9.84. The average molecular weight is 326 g/mol. The third kappa shape index (κ3) is 4.76. The number of benzene rings is 1. The molecule has 0 heterocycles. The highest BCUT2D eigenvalue weighted by Crippen LogP contribution is 2.25. The third-order valence-electron chi connectivity index (χ3n) is 4.19. The van der Waals surface area contributed by atoms with Gasteiger partial charge in [-0.25, -0.2) is 0 Å². The predicted octanol–water partition coefficient (Wildman–Crippen LogP) is 0.580. The summed E-state index contributed by atoms with van der Waals surface area (Å²) in [5.74, 6) is -0.550. The van der Waals surface area contributed by atoms with E-state index >= 15 is 0 Å². The fourth-order valence-corrected chi connectivity index (χ4v) is 2.34. The Hall–Kier alpha value is -1.44. The summed E-state index contributed by atoms with van der Waals surface area (Å²) in [6, 6.07) is 8.64. The van der Waals surface area contributed by atoms with Gasteiger partial charge in [-0.2, -0.15) is 0 Å². The van der Waals surface area contributed by atoms with E-state index in [0.717, 1.165) is 0 Å². The molecule has 1 aromatic rings. The van der Waals surface area contributed by atoms with E-state index in [1.54, 1.807) is 44.2 Å². The second-order valence-electron chi connectivity index (χ2n) is 5.66. The highest BCUT2D eigenvalue weighted by Gasteiger charge is 2.42. The molecule has 0 saturated heterocycles. The molecular weight excluding hydrogens is 300 g/mol. The Morgan fingerprint density at radius 1 is 1.00 bits per heavy atom. The number of aliphatic hydroxyl groups is 6. The Morgan fingerprint density at radius 3 is 2.00 bits per heavy atom. The van der Waals surface area contributed by atoms with Gasteiger partial charge in [0.2, 0.25) is 0 Å². The minimum atomic E-state index is -1.85. The van der Waals surface area contributed by atoms with Gasteiger partial charge in [-0.05, 0) is 24.5 Å². The average Bonchev–Trinajstić information content (AvgIpc) is 2.59. The van der Waals surface area contributed by atoms with Gasteiger partial charge in [0.15, 0.2) is 0 Å². The predicted molar refractivity (Wildman–Crippen MR) is 86.6 cm³/mol. The molecule has 6 N–H and O–H groups in total.